The number of rotatable bonds is 5. The molecule has 0 N–H and O–H groups in total. The van der Waals surface area contributed by atoms with Crippen LogP contribution in [0.4, 0.5) is 0 Å². The molecule has 20 heavy (non-hydrogen) atoms. The van der Waals surface area contributed by atoms with Gasteiger partial charge in [0.05, 0.1) is 6.61 Å². The molecule has 0 fully saturated rings. The predicted octanol–water partition coefficient (Wildman–Crippen LogP) is 2.71. The summed E-state index contributed by atoms with van der Waals surface area (Å²) in [5.41, 5.74) is 2.25. The van der Waals surface area contributed by atoms with Crippen molar-refractivity contribution < 1.29 is 14.1 Å². The third-order valence-corrected chi connectivity index (χ3v) is 2.80. The largest absolute Gasteiger partial charge is 0.461 e. The SMILES string of the molecule is CCOC(=O)C[n+]1ccc(/C=C\c2ccccc2)cc1. The maximum Gasteiger partial charge on any atom is 0.372 e. The van der Waals surface area contributed by atoms with Crippen LogP contribution in [0, 0.1) is 0 Å². The van der Waals surface area contributed by atoms with Crippen LogP contribution < -0.4 is 4.57 Å². The first-order valence-corrected chi connectivity index (χ1v) is 6.66. The Hall–Kier alpha value is -2.42. The molecule has 0 unspecified atom stereocenters. The van der Waals surface area contributed by atoms with Crippen LogP contribution in [0.2, 0.25) is 0 Å². The van der Waals surface area contributed by atoms with Crippen LogP contribution in [0.3, 0.4) is 0 Å². The van der Waals surface area contributed by atoms with Crippen LogP contribution in [0.1, 0.15) is 18.1 Å². The van der Waals surface area contributed by atoms with E-state index in [2.05, 4.69) is 18.2 Å². The average molecular weight is 268 g/mol. The Morgan fingerprint density at radius 3 is 2.25 bits per heavy atom. The molecule has 0 saturated carbocycles. The third-order valence-electron chi connectivity index (χ3n) is 2.80. The van der Waals surface area contributed by atoms with Crippen molar-refractivity contribution in [1.82, 2.24) is 0 Å². The van der Waals surface area contributed by atoms with Crippen LogP contribution >= 0.6 is 0 Å². The zero-order valence-corrected chi connectivity index (χ0v) is 11.5. The van der Waals surface area contributed by atoms with Crippen LogP contribution in [-0.4, -0.2) is 12.6 Å². The minimum atomic E-state index is -0.218. The van der Waals surface area contributed by atoms with Crippen LogP contribution in [0.15, 0.2) is 54.9 Å². The Kier molecular flexibility index (Phi) is 5.07. The van der Waals surface area contributed by atoms with E-state index in [9.17, 15) is 4.79 Å². The summed E-state index contributed by atoms with van der Waals surface area (Å²) in [6.07, 6.45) is 7.86. The Morgan fingerprint density at radius 1 is 1.05 bits per heavy atom. The van der Waals surface area contributed by atoms with Crippen molar-refractivity contribution >= 4 is 18.1 Å². The van der Waals surface area contributed by atoms with E-state index >= 15 is 0 Å². The first kappa shape index (κ1) is 14.0. The molecule has 3 heteroatoms. The van der Waals surface area contributed by atoms with Gasteiger partial charge in [0.1, 0.15) is 0 Å². The van der Waals surface area contributed by atoms with Crippen molar-refractivity contribution in [2.45, 2.75) is 13.5 Å². The van der Waals surface area contributed by atoms with Crippen LogP contribution in [0.25, 0.3) is 12.2 Å². The Labute approximate surface area is 119 Å². The zero-order chi connectivity index (χ0) is 14.2. The number of nitrogens with zero attached hydrogens (tertiary/aromatic N) is 1. The van der Waals surface area contributed by atoms with Gasteiger partial charge in [0.15, 0.2) is 12.4 Å². The number of hydrogen-bond donors (Lipinski definition) is 0. The second kappa shape index (κ2) is 7.24. The summed E-state index contributed by atoms with van der Waals surface area (Å²) in [6, 6.07) is 14.1. The highest BCUT2D eigenvalue weighted by Gasteiger charge is 2.08. The summed E-state index contributed by atoms with van der Waals surface area (Å²) < 4.78 is 6.71. The fourth-order valence-corrected chi connectivity index (χ4v) is 1.80. The number of carbonyl (C=O) groups excluding carboxylic acids is 1. The number of ether oxygens (including phenoxy) is 1. The number of aromatic nitrogens is 1. The van der Waals surface area contributed by atoms with E-state index in [4.69, 9.17) is 4.74 Å². The van der Waals surface area contributed by atoms with E-state index in [-0.39, 0.29) is 12.5 Å². The van der Waals surface area contributed by atoms with Gasteiger partial charge in [-0.2, -0.15) is 4.57 Å². The van der Waals surface area contributed by atoms with E-state index in [1.165, 1.54) is 0 Å². The second-order valence-corrected chi connectivity index (χ2v) is 4.35. The minimum Gasteiger partial charge on any atom is -0.461 e. The van der Waals surface area contributed by atoms with Gasteiger partial charge in [-0.15, -0.1) is 0 Å². The van der Waals surface area contributed by atoms with Crippen LogP contribution in [0.5, 0.6) is 0 Å². The highest BCUT2D eigenvalue weighted by molar-refractivity contribution is 5.69. The van der Waals surface area contributed by atoms with Crippen molar-refractivity contribution in [3.05, 3.63) is 66.0 Å². The molecule has 0 saturated heterocycles. The zero-order valence-electron chi connectivity index (χ0n) is 11.5. The first-order chi connectivity index (χ1) is 9.78. The number of esters is 1. The first-order valence-electron chi connectivity index (χ1n) is 6.66. The molecule has 2 aromatic rings. The number of hydrogen-bond acceptors (Lipinski definition) is 2. The molecule has 102 valence electrons. The molecule has 0 radical (unpaired) electrons. The Balaban J connectivity index is 1.98. The maximum atomic E-state index is 11.4. The molecule has 0 spiro atoms. The smallest absolute Gasteiger partial charge is 0.372 e. The third kappa shape index (κ3) is 4.35. The van der Waals surface area contributed by atoms with Crippen molar-refractivity contribution in [3.63, 3.8) is 0 Å². The van der Waals surface area contributed by atoms with E-state index < -0.39 is 0 Å². The fraction of sp³-hybridized carbons (Fsp3) is 0.176. The summed E-state index contributed by atoms with van der Waals surface area (Å²) in [5, 5.41) is 0. The Bertz CT molecular complexity index is 574. The predicted molar refractivity (Wildman–Crippen MR) is 78.6 cm³/mol. The van der Waals surface area contributed by atoms with Gasteiger partial charge in [-0.3, -0.25) is 0 Å². The molecule has 0 aliphatic carbocycles. The van der Waals surface area contributed by atoms with Gasteiger partial charge in [0.2, 0.25) is 6.54 Å². The molecule has 0 aliphatic rings. The normalized spacial score (nSPS) is 10.7. The second-order valence-electron chi connectivity index (χ2n) is 4.35. The van der Waals surface area contributed by atoms with E-state index in [0.717, 1.165) is 11.1 Å². The summed E-state index contributed by atoms with van der Waals surface area (Å²) >= 11 is 0. The summed E-state index contributed by atoms with van der Waals surface area (Å²) in [7, 11) is 0. The van der Waals surface area contributed by atoms with Gasteiger partial charge in [0, 0.05) is 12.1 Å². The number of pyridine rings is 1. The van der Waals surface area contributed by atoms with Gasteiger partial charge < -0.3 is 4.74 Å². The molecule has 0 amide bonds. The summed E-state index contributed by atoms with van der Waals surface area (Å²) in [6.45, 7) is 2.47. The van der Waals surface area contributed by atoms with Gasteiger partial charge >= 0.3 is 5.97 Å². The standard InChI is InChI=1S/C17H18NO2/c1-2-20-17(19)14-18-12-10-16(11-13-18)9-8-15-6-4-3-5-7-15/h3-13H,2,14H2,1H3/q+1/b9-8-. The van der Waals surface area contributed by atoms with E-state index in [1.54, 1.807) is 11.5 Å². The van der Waals surface area contributed by atoms with Crippen molar-refractivity contribution in [3.8, 4) is 0 Å². The molecule has 3 nitrogen and oxygen atoms in total. The summed E-state index contributed by atoms with van der Waals surface area (Å²) in [4.78, 5) is 11.4. The van der Waals surface area contributed by atoms with Crippen molar-refractivity contribution in [2.24, 2.45) is 0 Å². The van der Waals surface area contributed by atoms with Gasteiger partial charge in [-0.05, 0) is 18.1 Å². The molecule has 1 aromatic carbocycles. The maximum absolute atomic E-state index is 11.4. The quantitative estimate of drug-likeness (QED) is 0.616. The lowest BCUT2D eigenvalue weighted by Gasteiger charge is -1.98. The molecule has 2 rings (SSSR count). The van der Waals surface area contributed by atoms with Crippen LogP contribution in [-0.2, 0) is 16.1 Å². The van der Waals surface area contributed by atoms with Gasteiger partial charge in [-0.1, -0.05) is 42.5 Å². The molecule has 1 heterocycles. The molecular weight excluding hydrogens is 250 g/mol. The highest BCUT2D eigenvalue weighted by atomic mass is 16.5. The lowest BCUT2D eigenvalue weighted by atomic mass is 10.1. The van der Waals surface area contributed by atoms with E-state index in [1.807, 2.05) is 48.8 Å². The average Bonchev–Trinajstić information content (AvgIpc) is 2.48. The summed E-state index contributed by atoms with van der Waals surface area (Å²) in [5.74, 6) is -0.218. The topological polar surface area (TPSA) is 30.2 Å². The number of benzene rings is 1. The number of carbonyl (C=O) groups is 1. The Morgan fingerprint density at radius 2 is 1.65 bits per heavy atom. The highest BCUT2D eigenvalue weighted by Crippen LogP contribution is 2.06. The molecule has 1 aromatic heterocycles. The minimum absolute atomic E-state index is 0.218. The molecule has 0 bridgehead atoms. The fourth-order valence-electron chi connectivity index (χ4n) is 1.80. The molecule has 0 atom stereocenters. The van der Waals surface area contributed by atoms with Crippen molar-refractivity contribution in [2.75, 3.05) is 6.61 Å². The monoisotopic (exact) mass is 268 g/mol. The molecular formula is C17H18NO2+. The lowest BCUT2D eigenvalue weighted by molar-refractivity contribution is -0.686. The van der Waals surface area contributed by atoms with E-state index in [0.29, 0.717) is 6.61 Å². The van der Waals surface area contributed by atoms with Crippen molar-refractivity contribution in [1.29, 1.82) is 0 Å². The lowest BCUT2D eigenvalue weighted by Crippen LogP contribution is -2.37. The van der Waals surface area contributed by atoms with Gasteiger partial charge in [0.25, 0.3) is 0 Å². The molecule has 0 aliphatic heterocycles. The van der Waals surface area contributed by atoms with Gasteiger partial charge in [-0.25, -0.2) is 4.79 Å².